The van der Waals surface area contributed by atoms with Gasteiger partial charge in [0, 0.05) is 10.6 Å². The molecule has 0 aromatic heterocycles. The molecule has 26 heavy (non-hydrogen) atoms. The smallest absolute Gasteiger partial charge is 0.263 e. The van der Waals surface area contributed by atoms with Gasteiger partial charge in [-0.05, 0) is 52.4 Å². The highest BCUT2D eigenvalue weighted by Crippen LogP contribution is 2.36. The molecule has 0 spiro atoms. The Hall–Kier alpha value is -1.29. The van der Waals surface area contributed by atoms with Gasteiger partial charge in [0.1, 0.15) is 10.9 Å². The van der Waals surface area contributed by atoms with Gasteiger partial charge in [-0.25, -0.2) is 0 Å². The second-order valence-corrected chi connectivity index (χ2v) is 8.55. The molecule has 1 amide bonds. The van der Waals surface area contributed by atoms with Gasteiger partial charge in [0.25, 0.3) is 5.91 Å². The number of methoxy groups -OCH3 is 1. The van der Waals surface area contributed by atoms with Crippen LogP contribution < -0.4 is 14.8 Å². The molecule has 0 aliphatic carbocycles. The highest BCUT2D eigenvalue weighted by Gasteiger charge is 2.22. The highest BCUT2D eigenvalue weighted by atomic mass is 127. The third-order valence-corrected chi connectivity index (χ3v) is 5.85. The van der Waals surface area contributed by atoms with Crippen molar-refractivity contribution in [3.05, 3.63) is 61.0 Å². The van der Waals surface area contributed by atoms with E-state index in [1.165, 1.54) is 11.8 Å². The fourth-order valence-corrected chi connectivity index (χ4v) is 4.32. The van der Waals surface area contributed by atoms with E-state index in [9.17, 15) is 4.79 Å². The summed E-state index contributed by atoms with van der Waals surface area (Å²) in [4.78, 5) is 12.4. The summed E-state index contributed by atoms with van der Waals surface area (Å²) in [5.41, 5.74) is 1.73. The first-order valence-electron chi connectivity index (χ1n) is 7.46. The number of hydrogen-bond acceptors (Lipinski definition) is 5. The maximum Gasteiger partial charge on any atom is 0.263 e. The van der Waals surface area contributed by atoms with Crippen molar-refractivity contribution < 1.29 is 14.3 Å². The zero-order valence-corrected chi connectivity index (χ0v) is 18.1. The molecule has 8 heteroatoms. The average Bonchev–Trinajstić information content (AvgIpc) is 2.92. The van der Waals surface area contributed by atoms with Crippen LogP contribution in [0.1, 0.15) is 11.1 Å². The number of carbonyl (C=O) groups is 1. The topological polar surface area (TPSA) is 47.6 Å². The van der Waals surface area contributed by atoms with E-state index in [4.69, 9.17) is 33.3 Å². The predicted molar refractivity (Wildman–Crippen MR) is 118 cm³/mol. The fourth-order valence-electron chi connectivity index (χ4n) is 2.30. The normalized spacial score (nSPS) is 15.3. The first kappa shape index (κ1) is 19.5. The number of nitrogens with one attached hydrogen (secondary N) is 1. The maximum atomic E-state index is 11.8. The standard InChI is InChI=1S/C18H13ClINO3S2/c1-23-14-7-10(8-15-17(22)21-18(25)26-15)6-13(20)16(14)24-9-11-4-2-3-5-12(11)19/h2-8H,9H2,1H3,(H,21,22,25)/b15-8+. The minimum atomic E-state index is -0.187. The number of amides is 1. The summed E-state index contributed by atoms with van der Waals surface area (Å²) in [6.45, 7) is 0.332. The summed E-state index contributed by atoms with van der Waals surface area (Å²) in [7, 11) is 1.58. The molecular weight excluding hydrogens is 505 g/mol. The number of ether oxygens (including phenoxy) is 2. The summed E-state index contributed by atoms with van der Waals surface area (Å²) in [6.07, 6.45) is 1.78. The van der Waals surface area contributed by atoms with Crippen LogP contribution in [0.4, 0.5) is 0 Å². The quantitative estimate of drug-likeness (QED) is 0.343. The lowest BCUT2D eigenvalue weighted by molar-refractivity contribution is -0.115. The molecule has 1 fully saturated rings. The molecule has 4 nitrogen and oxygen atoms in total. The Morgan fingerprint density at radius 3 is 2.77 bits per heavy atom. The van der Waals surface area contributed by atoms with Crippen molar-refractivity contribution >= 4 is 74.5 Å². The summed E-state index contributed by atoms with van der Waals surface area (Å²) in [5.74, 6) is 1.03. The van der Waals surface area contributed by atoms with Crippen molar-refractivity contribution in [3.8, 4) is 11.5 Å². The number of rotatable bonds is 5. The van der Waals surface area contributed by atoms with Crippen molar-refractivity contribution in [3.63, 3.8) is 0 Å². The lowest BCUT2D eigenvalue weighted by Crippen LogP contribution is -2.17. The summed E-state index contributed by atoms with van der Waals surface area (Å²) >= 11 is 14.6. The Morgan fingerprint density at radius 2 is 2.12 bits per heavy atom. The molecule has 2 aromatic rings. The molecule has 134 valence electrons. The zero-order chi connectivity index (χ0) is 18.7. The fraction of sp³-hybridized carbons (Fsp3) is 0.111. The Balaban J connectivity index is 1.86. The number of thioether (sulfide) groups is 1. The molecule has 1 N–H and O–H groups in total. The van der Waals surface area contributed by atoms with Crippen molar-refractivity contribution in [1.82, 2.24) is 5.32 Å². The molecule has 1 aliphatic rings. The first-order valence-corrected chi connectivity index (χ1v) is 10.1. The number of benzene rings is 2. The molecule has 1 aliphatic heterocycles. The minimum absolute atomic E-state index is 0.187. The summed E-state index contributed by atoms with van der Waals surface area (Å²) in [6, 6.07) is 11.3. The molecule has 1 heterocycles. The van der Waals surface area contributed by atoms with Crippen molar-refractivity contribution in [2.75, 3.05) is 7.11 Å². The van der Waals surface area contributed by atoms with Crippen LogP contribution >= 0.6 is 58.2 Å². The Morgan fingerprint density at radius 1 is 1.35 bits per heavy atom. The van der Waals surface area contributed by atoms with E-state index >= 15 is 0 Å². The van der Waals surface area contributed by atoms with Gasteiger partial charge in [0.15, 0.2) is 11.5 Å². The summed E-state index contributed by atoms with van der Waals surface area (Å²) < 4.78 is 12.7. The molecule has 0 unspecified atom stereocenters. The SMILES string of the molecule is COc1cc(/C=C2/SC(=S)NC2=O)cc(I)c1OCc1ccccc1Cl. The number of halogens is 2. The van der Waals surface area contributed by atoms with Gasteiger partial charge in [0.2, 0.25) is 0 Å². The van der Waals surface area contributed by atoms with Crippen LogP contribution in [0.15, 0.2) is 41.3 Å². The second kappa shape index (κ2) is 8.60. The number of thiocarbonyl (C=S) groups is 1. The van der Waals surface area contributed by atoms with E-state index in [-0.39, 0.29) is 5.91 Å². The third kappa shape index (κ3) is 4.51. The third-order valence-electron chi connectivity index (χ3n) is 3.52. The van der Waals surface area contributed by atoms with E-state index in [1.54, 1.807) is 13.2 Å². The molecule has 2 aromatic carbocycles. The summed E-state index contributed by atoms with van der Waals surface area (Å²) in [5, 5.41) is 3.26. The van der Waals surface area contributed by atoms with Gasteiger partial charge in [-0.3, -0.25) is 4.79 Å². The van der Waals surface area contributed by atoms with Crippen LogP contribution in [0.3, 0.4) is 0 Å². The predicted octanol–water partition coefficient (Wildman–Crippen LogP) is 5.02. The van der Waals surface area contributed by atoms with Crippen LogP contribution in [-0.2, 0) is 11.4 Å². The molecule has 0 atom stereocenters. The van der Waals surface area contributed by atoms with E-state index in [0.717, 1.165) is 14.7 Å². The lowest BCUT2D eigenvalue weighted by atomic mass is 10.2. The molecule has 1 saturated heterocycles. The largest absolute Gasteiger partial charge is 0.493 e. The van der Waals surface area contributed by atoms with Gasteiger partial charge in [-0.15, -0.1) is 0 Å². The maximum absolute atomic E-state index is 11.8. The van der Waals surface area contributed by atoms with Gasteiger partial charge >= 0.3 is 0 Å². The van der Waals surface area contributed by atoms with Crippen LogP contribution in [0.2, 0.25) is 5.02 Å². The molecule has 0 bridgehead atoms. The minimum Gasteiger partial charge on any atom is -0.493 e. The molecule has 0 radical (unpaired) electrons. The van der Waals surface area contributed by atoms with E-state index < -0.39 is 0 Å². The van der Waals surface area contributed by atoms with E-state index in [2.05, 4.69) is 27.9 Å². The van der Waals surface area contributed by atoms with Gasteiger partial charge in [-0.1, -0.05) is 53.8 Å². The second-order valence-electron chi connectivity index (χ2n) is 5.27. The van der Waals surface area contributed by atoms with Crippen LogP contribution in [-0.4, -0.2) is 17.3 Å². The van der Waals surface area contributed by atoms with Crippen molar-refractivity contribution in [2.45, 2.75) is 6.61 Å². The Kier molecular flexibility index (Phi) is 6.44. The number of carbonyl (C=O) groups excluding carboxylic acids is 1. The van der Waals surface area contributed by atoms with Crippen molar-refractivity contribution in [1.29, 1.82) is 0 Å². The Labute approximate surface area is 179 Å². The van der Waals surface area contributed by atoms with Gasteiger partial charge in [-0.2, -0.15) is 0 Å². The Bertz CT molecular complexity index is 917. The monoisotopic (exact) mass is 517 g/mol. The molecule has 0 saturated carbocycles. The van der Waals surface area contributed by atoms with Crippen LogP contribution in [0.25, 0.3) is 6.08 Å². The first-order chi connectivity index (χ1) is 12.5. The van der Waals surface area contributed by atoms with Gasteiger partial charge < -0.3 is 14.8 Å². The highest BCUT2D eigenvalue weighted by molar-refractivity contribution is 14.1. The van der Waals surface area contributed by atoms with Crippen LogP contribution in [0, 0.1) is 3.57 Å². The zero-order valence-electron chi connectivity index (χ0n) is 13.5. The molecular formula is C18H13ClINO3S2. The van der Waals surface area contributed by atoms with Gasteiger partial charge in [0.05, 0.1) is 15.6 Å². The van der Waals surface area contributed by atoms with E-state index in [1.807, 2.05) is 36.4 Å². The van der Waals surface area contributed by atoms with Crippen molar-refractivity contribution in [2.24, 2.45) is 0 Å². The average molecular weight is 518 g/mol. The van der Waals surface area contributed by atoms with Crippen LogP contribution in [0.5, 0.6) is 11.5 Å². The number of hydrogen-bond donors (Lipinski definition) is 1. The molecule has 3 rings (SSSR count). The lowest BCUT2D eigenvalue weighted by Gasteiger charge is -2.14. The van der Waals surface area contributed by atoms with E-state index in [0.29, 0.717) is 32.4 Å².